The van der Waals surface area contributed by atoms with Crippen LogP contribution in [-0.4, -0.2) is 109 Å². The number of hydrogen-bond acceptors (Lipinski definition) is 14. The Morgan fingerprint density at radius 1 is 0.484 bits per heavy atom. The summed E-state index contributed by atoms with van der Waals surface area (Å²) in [5, 5.41) is 41.5. The summed E-state index contributed by atoms with van der Waals surface area (Å²) >= 11 is 0. The molecule has 8 atom stereocenters. The van der Waals surface area contributed by atoms with Crippen LogP contribution in [0.25, 0.3) is 0 Å². The minimum atomic E-state index is -5.31. The van der Waals surface area contributed by atoms with Crippen molar-refractivity contribution in [1.82, 2.24) is 0 Å². The van der Waals surface area contributed by atoms with Crippen molar-refractivity contribution < 1.29 is 81.7 Å². The molecular weight excluding hydrogens is 874 g/mol. The van der Waals surface area contributed by atoms with E-state index in [4.69, 9.17) is 28.3 Å². The van der Waals surface area contributed by atoms with Crippen LogP contribution in [0.4, 0.5) is 0 Å². The Balaban J connectivity index is 2.53. The standard InChI is InChI=1S/C45H86O17P2/c1-3-5-6-7-8-9-10-12-16-19-22-25-28-32-38(47)60-37(35-59-64(56,57)62-45-42(51)40(49)44(41(50)43(45)52)61-63(53,54)55)34-39(48)58-33-29-26-23-20-17-14-11-13-15-18-21-24-27-31-36(46)30-4-2/h37,40-45,49-52H,3-35H2,1-2H3,(H,56,57)(H2,53,54,55)/t37-,40-,41+,42+,43?,44?,45?/m1/s1. The molecule has 1 rings (SSSR count). The van der Waals surface area contributed by atoms with Gasteiger partial charge in [0, 0.05) is 19.3 Å². The lowest BCUT2D eigenvalue weighted by molar-refractivity contribution is -0.216. The molecule has 1 aliphatic carbocycles. The Morgan fingerprint density at radius 2 is 0.875 bits per heavy atom. The van der Waals surface area contributed by atoms with Crippen LogP contribution in [0.2, 0.25) is 0 Å². The number of hydrogen-bond donors (Lipinski definition) is 7. The molecule has 0 aliphatic heterocycles. The molecule has 1 fully saturated rings. The molecule has 19 heteroatoms. The van der Waals surface area contributed by atoms with Crippen molar-refractivity contribution in [3.8, 4) is 0 Å². The van der Waals surface area contributed by atoms with Crippen molar-refractivity contribution in [2.45, 2.75) is 256 Å². The van der Waals surface area contributed by atoms with Gasteiger partial charge in [-0.25, -0.2) is 9.13 Å². The first-order valence-corrected chi connectivity index (χ1v) is 27.5. The lowest BCUT2D eigenvalue weighted by Gasteiger charge is -2.43. The summed E-state index contributed by atoms with van der Waals surface area (Å²) in [7, 11) is -10.6. The highest BCUT2D eigenvalue weighted by atomic mass is 31.2. The van der Waals surface area contributed by atoms with E-state index < -0.39 is 83.3 Å². The zero-order chi connectivity index (χ0) is 47.6. The lowest BCUT2D eigenvalue weighted by atomic mass is 9.85. The smallest absolute Gasteiger partial charge is 0.466 e. The molecule has 17 nitrogen and oxygen atoms in total. The first-order chi connectivity index (χ1) is 30.5. The minimum Gasteiger partial charge on any atom is -0.466 e. The Morgan fingerprint density at radius 3 is 1.30 bits per heavy atom. The maximum absolute atomic E-state index is 12.9. The number of aliphatic hydroxyl groups excluding tert-OH is 4. The van der Waals surface area contributed by atoms with Crippen LogP contribution in [0.15, 0.2) is 0 Å². The fraction of sp³-hybridized carbons (Fsp3) is 0.933. The molecule has 64 heavy (non-hydrogen) atoms. The molecule has 1 aliphatic rings. The topological polar surface area (TPSA) is 273 Å². The molecule has 0 amide bonds. The van der Waals surface area contributed by atoms with E-state index >= 15 is 0 Å². The largest absolute Gasteiger partial charge is 0.472 e. The molecule has 0 aromatic carbocycles. The molecule has 0 radical (unpaired) electrons. The van der Waals surface area contributed by atoms with Gasteiger partial charge in [-0.2, -0.15) is 0 Å². The summed E-state index contributed by atoms with van der Waals surface area (Å²) in [5.41, 5.74) is 0. The zero-order valence-electron chi connectivity index (χ0n) is 39.0. The maximum Gasteiger partial charge on any atom is 0.472 e. The Kier molecular flexibility index (Phi) is 34.8. The maximum atomic E-state index is 12.9. The number of ketones is 1. The molecule has 0 heterocycles. The third kappa shape index (κ3) is 30.9. The van der Waals surface area contributed by atoms with Crippen LogP contribution < -0.4 is 0 Å². The fourth-order valence-electron chi connectivity index (χ4n) is 7.82. The number of Topliss-reactive ketones (excluding diaryl/α,β-unsaturated/α-hetero) is 1. The van der Waals surface area contributed by atoms with Crippen LogP contribution in [0.3, 0.4) is 0 Å². The highest BCUT2D eigenvalue weighted by molar-refractivity contribution is 7.47. The number of unbranched alkanes of at least 4 members (excludes halogenated alkanes) is 24. The van der Waals surface area contributed by atoms with Crippen LogP contribution in [0.5, 0.6) is 0 Å². The van der Waals surface area contributed by atoms with Gasteiger partial charge in [0.1, 0.15) is 48.5 Å². The number of phosphoric acid groups is 2. The molecule has 0 saturated heterocycles. The molecule has 0 aromatic heterocycles. The first kappa shape index (κ1) is 60.7. The molecule has 0 bridgehead atoms. The van der Waals surface area contributed by atoms with E-state index in [1.807, 2.05) is 6.92 Å². The molecular formula is C45H86O17P2. The second-order valence-corrected chi connectivity index (χ2v) is 20.1. The van der Waals surface area contributed by atoms with Gasteiger partial charge in [-0.05, 0) is 25.7 Å². The van der Waals surface area contributed by atoms with Gasteiger partial charge in [0.15, 0.2) is 0 Å². The zero-order valence-corrected chi connectivity index (χ0v) is 40.8. The van der Waals surface area contributed by atoms with Gasteiger partial charge in [0.25, 0.3) is 0 Å². The van der Waals surface area contributed by atoms with Crippen molar-refractivity contribution in [3.63, 3.8) is 0 Å². The van der Waals surface area contributed by atoms with Crippen molar-refractivity contribution in [3.05, 3.63) is 0 Å². The van der Waals surface area contributed by atoms with Crippen molar-refractivity contribution >= 4 is 33.4 Å². The molecule has 1 saturated carbocycles. The summed E-state index contributed by atoms with van der Waals surface area (Å²) in [4.78, 5) is 65.8. The fourth-order valence-corrected chi connectivity index (χ4v) is 9.36. The summed E-state index contributed by atoms with van der Waals surface area (Å²) in [5.74, 6) is -1.02. The van der Waals surface area contributed by atoms with Gasteiger partial charge in [-0.3, -0.25) is 28.0 Å². The van der Waals surface area contributed by atoms with Crippen molar-refractivity contribution in [1.29, 1.82) is 0 Å². The second-order valence-electron chi connectivity index (χ2n) is 17.5. The van der Waals surface area contributed by atoms with Crippen molar-refractivity contribution in [2.24, 2.45) is 0 Å². The Bertz CT molecular complexity index is 1300. The van der Waals surface area contributed by atoms with E-state index in [-0.39, 0.29) is 13.0 Å². The van der Waals surface area contributed by atoms with Crippen LogP contribution in [0, 0.1) is 0 Å². The Labute approximate surface area is 383 Å². The predicted octanol–water partition coefficient (Wildman–Crippen LogP) is 8.58. The summed E-state index contributed by atoms with van der Waals surface area (Å²) in [6.07, 6.45) is 15.6. The molecule has 0 aromatic rings. The SMILES string of the molecule is CCCCCCCCCCCCCCCC(=O)O[C@@H](COP(=O)(O)OC1C(O)[C@H](O)C(OP(=O)(O)O)[C@H](O)[C@@H]1O)CC(=O)OCCCCCCCCCCCCCCCC(=O)CCC. The van der Waals surface area contributed by atoms with Gasteiger partial charge >= 0.3 is 27.6 Å². The third-order valence-electron chi connectivity index (χ3n) is 11.6. The molecule has 0 spiro atoms. The summed E-state index contributed by atoms with van der Waals surface area (Å²) < 4.78 is 49.2. The molecule has 7 N–H and O–H groups in total. The van der Waals surface area contributed by atoms with Gasteiger partial charge in [-0.15, -0.1) is 0 Å². The minimum absolute atomic E-state index is 0.0357. The number of carbonyl (C=O) groups excluding carboxylic acids is 3. The summed E-state index contributed by atoms with van der Waals surface area (Å²) in [6.45, 7) is 3.53. The number of rotatable bonds is 42. The van der Waals surface area contributed by atoms with Gasteiger partial charge in [0.2, 0.25) is 0 Å². The average molecular weight is 961 g/mol. The van der Waals surface area contributed by atoms with E-state index in [0.29, 0.717) is 25.0 Å². The summed E-state index contributed by atoms with van der Waals surface area (Å²) in [6, 6.07) is 0. The third-order valence-corrected chi connectivity index (χ3v) is 13.1. The van der Waals surface area contributed by atoms with E-state index in [2.05, 4.69) is 11.4 Å². The van der Waals surface area contributed by atoms with Gasteiger partial charge < -0.3 is 44.6 Å². The quantitative estimate of drug-likeness (QED) is 0.0171. The lowest BCUT2D eigenvalue weighted by Crippen LogP contribution is -2.64. The number of esters is 2. The molecule has 4 unspecified atom stereocenters. The van der Waals surface area contributed by atoms with Gasteiger partial charge in [-0.1, -0.05) is 162 Å². The predicted molar refractivity (Wildman–Crippen MR) is 242 cm³/mol. The number of phosphoric ester groups is 2. The van der Waals surface area contributed by atoms with E-state index in [9.17, 15) is 48.8 Å². The van der Waals surface area contributed by atoms with Crippen molar-refractivity contribution in [2.75, 3.05) is 13.2 Å². The van der Waals surface area contributed by atoms with Crippen LogP contribution >= 0.6 is 15.6 Å². The van der Waals surface area contributed by atoms with Gasteiger partial charge in [0.05, 0.1) is 19.6 Å². The number of carbonyl (C=O) groups is 3. The highest BCUT2D eigenvalue weighted by Crippen LogP contribution is 2.48. The average Bonchev–Trinajstić information content (AvgIpc) is 3.23. The Hall–Kier alpha value is -1.33. The molecule has 378 valence electrons. The van der Waals surface area contributed by atoms with E-state index in [1.165, 1.54) is 89.9 Å². The number of aliphatic hydroxyl groups is 4. The van der Waals surface area contributed by atoms with E-state index in [0.717, 1.165) is 77.0 Å². The normalized spacial score (nSPS) is 21.6. The van der Waals surface area contributed by atoms with E-state index in [1.54, 1.807) is 0 Å². The number of ether oxygens (including phenoxy) is 2. The second kappa shape index (κ2) is 36.7. The monoisotopic (exact) mass is 961 g/mol. The first-order valence-electron chi connectivity index (χ1n) is 24.5. The van der Waals surface area contributed by atoms with Crippen LogP contribution in [-0.2, 0) is 46.6 Å². The highest BCUT2D eigenvalue weighted by Gasteiger charge is 2.54. The van der Waals surface area contributed by atoms with Crippen LogP contribution in [0.1, 0.15) is 213 Å².